The number of allylic oxidation sites excluding steroid dienone is 1. The number of ether oxygens (including phenoxy) is 4. The van der Waals surface area contributed by atoms with Crippen LogP contribution in [0, 0.1) is 60.8 Å². The minimum Gasteiger partial charge on any atom is -0.456 e. The van der Waals surface area contributed by atoms with Gasteiger partial charge in [0.15, 0.2) is 6.10 Å². The Kier molecular flexibility index (Phi) is 12.4. The Morgan fingerprint density at radius 2 is 1.69 bits per heavy atom. The summed E-state index contributed by atoms with van der Waals surface area (Å²) in [6.07, 6.45) is -4.10. The van der Waals surface area contributed by atoms with Gasteiger partial charge in [0.1, 0.15) is 34.8 Å². The third-order valence-corrected chi connectivity index (χ3v) is 11.5. The Morgan fingerprint density at radius 1 is 1.06 bits per heavy atom. The van der Waals surface area contributed by atoms with Crippen LogP contribution in [0.25, 0.3) is 0 Å². The van der Waals surface area contributed by atoms with Crippen molar-refractivity contribution in [3.05, 3.63) is 58.7 Å². The molecule has 2 bridgehead atoms. The van der Waals surface area contributed by atoms with Gasteiger partial charge < -0.3 is 39.6 Å². The summed E-state index contributed by atoms with van der Waals surface area (Å²) in [5.41, 5.74) is -4.87. The van der Waals surface area contributed by atoms with Crippen molar-refractivity contribution in [2.75, 3.05) is 6.61 Å². The van der Waals surface area contributed by atoms with Crippen LogP contribution in [0.4, 0.5) is 4.79 Å². The molecule has 1 radical (unpaired) electrons. The largest absolute Gasteiger partial charge is 0.456 e. The van der Waals surface area contributed by atoms with E-state index in [9.17, 15) is 34.5 Å². The number of benzene rings is 1. The number of amides is 1. The summed E-state index contributed by atoms with van der Waals surface area (Å²) in [7, 11) is 0. The van der Waals surface area contributed by atoms with E-state index in [1.165, 1.54) is 6.08 Å². The number of esters is 2. The van der Waals surface area contributed by atoms with Crippen molar-refractivity contribution in [1.29, 1.82) is 0 Å². The van der Waals surface area contributed by atoms with Crippen LogP contribution < -0.4 is 5.32 Å². The molecule has 2 saturated carbocycles. The van der Waals surface area contributed by atoms with Crippen LogP contribution >= 0.6 is 0 Å². The summed E-state index contributed by atoms with van der Waals surface area (Å²) in [5, 5.41) is 39.1. The Bertz CT molecular complexity index is 1630. The molecule has 1 saturated heterocycles. The van der Waals surface area contributed by atoms with Gasteiger partial charge in [-0.3, -0.25) is 4.79 Å². The molecule has 52 heavy (non-hydrogen) atoms. The van der Waals surface area contributed by atoms with Crippen LogP contribution in [-0.4, -0.2) is 93.0 Å². The summed E-state index contributed by atoms with van der Waals surface area (Å²) in [6, 6.07) is 7.04. The van der Waals surface area contributed by atoms with E-state index in [4.69, 9.17) is 18.9 Å². The number of carbonyl (C=O) groups is 4. The van der Waals surface area contributed by atoms with Gasteiger partial charge in [0.2, 0.25) is 0 Å². The molecule has 0 aromatic heterocycles. The molecule has 1 amide bonds. The third kappa shape index (κ3) is 7.70. The fourth-order valence-electron chi connectivity index (χ4n) is 8.58. The topological polar surface area (TPSA) is 178 Å². The van der Waals surface area contributed by atoms with E-state index < -0.39 is 82.0 Å². The number of carbonyl (C=O) groups excluding carboxylic acids is 4. The maximum Gasteiger partial charge on any atom is 0.408 e. The van der Waals surface area contributed by atoms with Crippen LogP contribution in [0.3, 0.4) is 0 Å². The van der Waals surface area contributed by atoms with Gasteiger partial charge in [0, 0.05) is 73.7 Å². The maximum atomic E-state index is 14.5. The molecule has 3 fully saturated rings. The number of aliphatic hydroxyl groups excluding tert-OH is 1. The van der Waals surface area contributed by atoms with E-state index in [-0.39, 0.29) is 74.9 Å². The summed E-state index contributed by atoms with van der Waals surface area (Å²) < 4.78 is 23.3. The fourth-order valence-corrected chi connectivity index (χ4v) is 8.58. The summed E-state index contributed by atoms with van der Waals surface area (Å²) in [4.78, 5) is 54.7. The normalized spacial score (nSPS) is 33.2. The Hall–Kier alpha value is -2.14. The predicted molar refractivity (Wildman–Crippen MR) is 185 cm³/mol. The first-order chi connectivity index (χ1) is 23.5. The number of rotatable bonds is 7. The monoisotopic (exact) mass is 938 g/mol. The zero-order chi connectivity index (χ0) is 37.9. The van der Waals surface area contributed by atoms with Crippen LogP contribution in [0.5, 0.6) is 0 Å². The number of nitrogens with one attached hydrogen (secondary N) is 1. The van der Waals surface area contributed by atoms with E-state index >= 15 is 0 Å². The van der Waals surface area contributed by atoms with Crippen LogP contribution in [0.2, 0.25) is 0 Å². The van der Waals surface area contributed by atoms with E-state index in [2.05, 4.69) is 5.32 Å². The molecule has 1 heterocycles. The number of hydrogen-bond acceptors (Lipinski definition) is 11. The van der Waals surface area contributed by atoms with E-state index in [1.54, 1.807) is 92.6 Å². The van der Waals surface area contributed by atoms with Crippen LogP contribution in [0.1, 0.15) is 98.4 Å². The molecule has 13 heteroatoms. The van der Waals surface area contributed by atoms with Crippen LogP contribution in [-0.2, 0) is 28.5 Å². The molecular weight excluding hydrogens is 885 g/mol. The number of fused-ring (bicyclic) bond motifs is 5. The summed E-state index contributed by atoms with van der Waals surface area (Å²) in [5.74, 6) is -3.10. The number of hydrogen-bond donors (Lipinski definition) is 4. The Labute approximate surface area is 341 Å². The van der Waals surface area contributed by atoms with Crippen molar-refractivity contribution in [2.24, 2.45) is 16.7 Å². The molecule has 1 aliphatic heterocycles. The molecule has 4 N–H and O–H groups in total. The summed E-state index contributed by atoms with van der Waals surface area (Å²) >= 11 is 0. The Balaban J connectivity index is 0.00000605. The molecule has 12 nitrogen and oxygen atoms in total. The quantitative estimate of drug-likeness (QED) is 0.174. The molecule has 5 rings (SSSR count). The van der Waals surface area contributed by atoms with Crippen molar-refractivity contribution >= 4 is 23.8 Å². The van der Waals surface area contributed by atoms with Gasteiger partial charge in [-0.2, -0.15) is 0 Å². The van der Waals surface area contributed by atoms with Gasteiger partial charge in [-0.1, -0.05) is 56.2 Å². The number of ketones is 1. The first kappa shape index (κ1) is 42.6. The molecule has 3 aliphatic carbocycles. The molecule has 9 atom stereocenters. The van der Waals surface area contributed by atoms with Crippen molar-refractivity contribution in [3.8, 4) is 0 Å². The first-order valence-electron chi connectivity index (χ1n) is 17.6. The van der Waals surface area contributed by atoms with E-state index in [0.717, 1.165) is 0 Å². The molecule has 1 aromatic rings. The van der Waals surface area contributed by atoms with Gasteiger partial charge in [-0.05, 0) is 72.1 Å². The van der Waals surface area contributed by atoms with Gasteiger partial charge in [-0.15, -0.1) is 0 Å². The summed E-state index contributed by atoms with van der Waals surface area (Å²) in [6.45, 7) is 15.4. The molecule has 0 spiro atoms. The smallest absolute Gasteiger partial charge is 0.408 e. The fraction of sp³-hybridized carbons (Fsp3) is 0.641. The maximum absolute atomic E-state index is 14.5. The number of aliphatic hydroxyl groups is 3. The van der Waals surface area contributed by atoms with E-state index in [1.807, 2.05) is 0 Å². The van der Waals surface area contributed by atoms with Crippen molar-refractivity contribution < 1.29 is 97.5 Å². The van der Waals surface area contributed by atoms with Crippen LogP contribution in [0.15, 0.2) is 53.1 Å². The van der Waals surface area contributed by atoms with Gasteiger partial charge in [0.05, 0.1) is 24.3 Å². The average Bonchev–Trinajstić information content (AvgIpc) is 3.02. The first-order valence-corrected chi connectivity index (χ1v) is 17.6. The zero-order valence-corrected chi connectivity index (χ0v) is 36.4. The molecule has 1 aromatic carbocycles. The molecule has 4 aliphatic rings. The second-order valence-corrected chi connectivity index (χ2v) is 16.7. The Morgan fingerprint density at radius 3 is 2.25 bits per heavy atom. The van der Waals surface area contributed by atoms with Crippen molar-refractivity contribution in [3.63, 3.8) is 0 Å². The van der Waals surface area contributed by atoms with Gasteiger partial charge in [-0.25, -0.2) is 14.4 Å². The third-order valence-electron chi connectivity index (χ3n) is 11.5. The molecule has 283 valence electrons. The van der Waals surface area contributed by atoms with Gasteiger partial charge in [0.25, 0.3) is 0 Å². The minimum absolute atomic E-state index is 0. The molecular formula is C39H53AcNO11. The predicted octanol–water partition coefficient (Wildman–Crippen LogP) is 4.34. The van der Waals surface area contributed by atoms with Crippen molar-refractivity contribution in [1.82, 2.24) is 5.32 Å². The molecule has 1 unspecified atom stereocenters. The standard InChI is InChI=1S/C39H53NO11.Ac/c1-21(2)17-25(40-34(45)51-35(4,5)6)29(42)33(44)49-26-19-39(47)31(50-32(43)23-13-11-10-12-14-23)30-37(9,16-15-28-38(30,46)20-48-28)27(41)18-24(22(26)3)36(39,7)8;/h10-14,17,25-26,28-31,42,46-47H,15-16,18-20H2,1-9H3,(H,40,45);/t25-,26?,28+,29+,30-,31-,37-,38-,39+;/m0./s1. The SMILES string of the molecule is CC(C)=C[C@H](NC(=O)OC(C)(C)C)[C@@H](O)C(=O)OC1C[C@@]2(O)[C@@H](OC(=O)c3ccccc3)[C@@H]3[C@]4(O)CO[C@@H]4CC[C@@]3(C)C(=O)CC(=C1C)C2(C)C.[Ac]. The number of alkyl carbamates (subject to hydrolysis) is 1. The average molecular weight is 939 g/mol. The minimum atomic E-state index is -1.99. The van der Waals surface area contributed by atoms with E-state index in [0.29, 0.717) is 29.6 Å². The zero-order valence-electron chi connectivity index (χ0n) is 31.6. The van der Waals surface area contributed by atoms with Crippen molar-refractivity contribution in [2.45, 2.75) is 135 Å². The second kappa shape index (κ2) is 15.2. The number of Topliss-reactive ketones (excluding diaryl/α,β-unsaturated/α-hetero) is 1. The van der Waals surface area contributed by atoms with Gasteiger partial charge >= 0.3 is 18.0 Å². The second-order valence-electron chi connectivity index (χ2n) is 16.7.